The minimum atomic E-state index is -0.202. The number of amides is 3. The Kier molecular flexibility index (Phi) is 5.96. The van der Waals surface area contributed by atoms with Crippen LogP contribution in [0.1, 0.15) is 23.2 Å². The van der Waals surface area contributed by atoms with Crippen LogP contribution >= 0.6 is 23.4 Å². The number of carbonyl (C=O) groups excluding carboxylic acids is 3. The van der Waals surface area contributed by atoms with Gasteiger partial charge in [0.2, 0.25) is 11.8 Å². The molecule has 2 aromatic carbocycles. The number of carbonyl (C=O) groups is 3. The van der Waals surface area contributed by atoms with Crippen molar-refractivity contribution in [3.8, 4) is 0 Å². The smallest absolute Gasteiger partial charge is 0.251 e. The third-order valence-corrected chi connectivity index (χ3v) is 5.17. The normalized spacial score (nSPS) is 14.0. The Morgan fingerprint density at radius 3 is 2.23 bits per heavy atom. The van der Waals surface area contributed by atoms with Crippen LogP contribution in [0.5, 0.6) is 0 Å². The van der Waals surface area contributed by atoms with Gasteiger partial charge in [0.05, 0.1) is 5.69 Å². The molecule has 134 valence electrons. The second-order valence-corrected chi connectivity index (χ2v) is 7.33. The first-order valence-electron chi connectivity index (χ1n) is 8.17. The summed E-state index contributed by atoms with van der Waals surface area (Å²) in [5.41, 5.74) is 0.997. The molecule has 0 radical (unpaired) electrons. The highest BCUT2D eigenvalue weighted by molar-refractivity contribution is 7.99. The van der Waals surface area contributed by atoms with Crippen LogP contribution in [0.25, 0.3) is 0 Å². The molecule has 0 saturated carbocycles. The summed E-state index contributed by atoms with van der Waals surface area (Å²) in [7, 11) is 0. The molecule has 7 heteroatoms. The third-order valence-electron chi connectivity index (χ3n) is 3.91. The van der Waals surface area contributed by atoms with E-state index in [2.05, 4.69) is 5.32 Å². The van der Waals surface area contributed by atoms with E-state index in [1.807, 2.05) is 24.3 Å². The second-order valence-electron chi connectivity index (χ2n) is 5.73. The van der Waals surface area contributed by atoms with E-state index in [0.717, 1.165) is 10.6 Å². The Balaban J connectivity index is 1.49. The summed E-state index contributed by atoms with van der Waals surface area (Å²) < 4.78 is 0. The number of nitrogens with one attached hydrogen (secondary N) is 1. The molecule has 1 aliphatic rings. The number of rotatable bonds is 6. The van der Waals surface area contributed by atoms with Gasteiger partial charge in [-0.15, -0.1) is 11.8 Å². The molecule has 0 aliphatic carbocycles. The highest BCUT2D eigenvalue weighted by atomic mass is 35.5. The van der Waals surface area contributed by atoms with E-state index in [4.69, 9.17) is 11.6 Å². The summed E-state index contributed by atoms with van der Waals surface area (Å²) >= 11 is 7.48. The average molecular weight is 389 g/mol. The largest absolute Gasteiger partial charge is 0.351 e. The van der Waals surface area contributed by atoms with Gasteiger partial charge in [-0.25, -0.2) is 0 Å². The Morgan fingerprint density at radius 2 is 1.62 bits per heavy atom. The van der Waals surface area contributed by atoms with Crippen LogP contribution in [-0.4, -0.2) is 30.0 Å². The molecule has 3 rings (SSSR count). The lowest BCUT2D eigenvalue weighted by Gasteiger charge is -2.14. The molecule has 0 atom stereocenters. The van der Waals surface area contributed by atoms with Crippen molar-refractivity contribution in [1.29, 1.82) is 0 Å². The van der Waals surface area contributed by atoms with Crippen LogP contribution in [0, 0.1) is 0 Å². The molecular weight excluding hydrogens is 372 g/mol. The van der Waals surface area contributed by atoms with Crippen molar-refractivity contribution in [1.82, 2.24) is 5.32 Å². The van der Waals surface area contributed by atoms with Gasteiger partial charge < -0.3 is 5.32 Å². The summed E-state index contributed by atoms with van der Waals surface area (Å²) in [6, 6.07) is 14.0. The number of anilines is 1. The van der Waals surface area contributed by atoms with E-state index in [1.54, 1.807) is 36.0 Å². The molecule has 0 aromatic heterocycles. The fourth-order valence-electron chi connectivity index (χ4n) is 2.59. The first-order chi connectivity index (χ1) is 12.5. The number of thioether (sulfide) groups is 1. The number of benzene rings is 2. The zero-order valence-corrected chi connectivity index (χ0v) is 15.5. The predicted octanol–water partition coefficient (Wildman–Crippen LogP) is 3.52. The standard InChI is InChI=1S/C19H17ClN2O3S/c20-14-3-7-16(8-4-14)26-12-11-21-19(25)13-1-5-15(6-2-13)22-17(23)9-10-18(22)24/h1-8H,9-12H2,(H,21,25). The summed E-state index contributed by atoms with van der Waals surface area (Å²) in [4.78, 5) is 37.9. The van der Waals surface area contributed by atoms with E-state index >= 15 is 0 Å². The first kappa shape index (κ1) is 18.5. The topological polar surface area (TPSA) is 66.5 Å². The predicted molar refractivity (Wildman–Crippen MR) is 103 cm³/mol. The molecular formula is C19H17ClN2O3S. The summed E-state index contributed by atoms with van der Waals surface area (Å²) in [6.45, 7) is 0.525. The van der Waals surface area contributed by atoms with Gasteiger partial charge in [-0.1, -0.05) is 11.6 Å². The molecule has 1 fully saturated rings. The first-order valence-corrected chi connectivity index (χ1v) is 9.53. The average Bonchev–Trinajstić information content (AvgIpc) is 2.98. The zero-order chi connectivity index (χ0) is 18.5. The maximum atomic E-state index is 12.2. The number of hydrogen-bond donors (Lipinski definition) is 1. The maximum absolute atomic E-state index is 12.2. The quantitative estimate of drug-likeness (QED) is 0.467. The maximum Gasteiger partial charge on any atom is 0.251 e. The van der Waals surface area contributed by atoms with Gasteiger partial charge in [-0.2, -0.15) is 0 Å². The summed E-state index contributed by atoms with van der Waals surface area (Å²) in [5.74, 6) is 0.146. The van der Waals surface area contributed by atoms with Crippen LogP contribution in [0.15, 0.2) is 53.4 Å². The van der Waals surface area contributed by atoms with Crippen molar-refractivity contribution < 1.29 is 14.4 Å². The van der Waals surface area contributed by atoms with Crippen LogP contribution in [0.2, 0.25) is 5.02 Å². The zero-order valence-electron chi connectivity index (χ0n) is 13.9. The Morgan fingerprint density at radius 1 is 1.00 bits per heavy atom. The SMILES string of the molecule is O=C(NCCSc1ccc(Cl)cc1)c1ccc(N2C(=O)CCC2=O)cc1. The molecule has 1 N–H and O–H groups in total. The van der Waals surface area contributed by atoms with Crippen LogP contribution in [0.3, 0.4) is 0 Å². The molecule has 26 heavy (non-hydrogen) atoms. The fraction of sp³-hybridized carbons (Fsp3) is 0.211. The van der Waals surface area contributed by atoms with Crippen molar-refractivity contribution >= 4 is 46.8 Å². The van der Waals surface area contributed by atoms with E-state index in [1.165, 1.54) is 4.90 Å². The van der Waals surface area contributed by atoms with Gasteiger partial charge in [-0.05, 0) is 48.5 Å². The number of nitrogens with zero attached hydrogens (tertiary/aromatic N) is 1. The summed E-state index contributed by atoms with van der Waals surface area (Å²) in [5, 5.41) is 3.55. The number of halogens is 1. The molecule has 1 aliphatic heterocycles. The fourth-order valence-corrected chi connectivity index (χ4v) is 3.49. The van der Waals surface area contributed by atoms with Crippen molar-refractivity contribution in [3.05, 3.63) is 59.1 Å². The van der Waals surface area contributed by atoms with E-state index < -0.39 is 0 Å². The monoisotopic (exact) mass is 388 g/mol. The lowest BCUT2D eigenvalue weighted by molar-refractivity contribution is -0.121. The van der Waals surface area contributed by atoms with Gasteiger partial charge in [-0.3, -0.25) is 19.3 Å². The van der Waals surface area contributed by atoms with Crippen LogP contribution in [0.4, 0.5) is 5.69 Å². The molecule has 3 amide bonds. The van der Waals surface area contributed by atoms with Crippen LogP contribution < -0.4 is 10.2 Å². The van der Waals surface area contributed by atoms with Gasteiger partial charge in [0.25, 0.3) is 5.91 Å². The minimum Gasteiger partial charge on any atom is -0.351 e. The van der Waals surface area contributed by atoms with Gasteiger partial charge in [0, 0.05) is 40.6 Å². The molecule has 0 spiro atoms. The molecule has 1 saturated heterocycles. The van der Waals surface area contributed by atoms with Crippen molar-refractivity contribution in [2.45, 2.75) is 17.7 Å². The van der Waals surface area contributed by atoms with E-state index in [9.17, 15) is 14.4 Å². The number of hydrogen-bond acceptors (Lipinski definition) is 4. The lowest BCUT2D eigenvalue weighted by atomic mass is 10.2. The van der Waals surface area contributed by atoms with Crippen LogP contribution in [-0.2, 0) is 9.59 Å². The Bertz CT molecular complexity index is 806. The Labute approximate surface area is 160 Å². The molecule has 0 bridgehead atoms. The van der Waals surface area contributed by atoms with Gasteiger partial charge >= 0.3 is 0 Å². The summed E-state index contributed by atoms with van der Waals surface area (Å²) in [6.07, 6.45) is 0.485. The van der Waals surface area contributed by atoms with Crippen molar-refractivity contribution in [3.63, 3.8) is 0 Å². The minimum absolute atomic E-state index is 0.188. The third kappa shape index (κ3) is 4.45. The lowest BCUT2D eigenvalue weighted by Crippen LogP contribution is -2.29. The van der Waals surface area contributed by atoms with Gasteiger partial charge in [0.1, 0.15) is 0 Å². The second kappa shape index (κ2) is 8.38. The Hall–Kier alpha value is -2.31. The van der Waals surface area contributed by atoms with E-state index in [0.29, 0.717) is 22.8 Å². The molecule has 2 aromatic rings. The highest BCUT2D eigenvalue weighted by Crippen LogP contribution is 2.23. The van der Waals surface area contributed by atoms with Crippen molar-refractivity contribution in [2.75, 3.05) is 17.2 Å². The van der Waals surface area contributed by atoms with E-state index in [-0.39, 0.29) is 30.6 Å². The van der Waals surface area contributed by atoms with Crippen molar-refractivity contribution in [2.24, 2.45) is 0 Å². The number of imide groups is 1. The molecule has 1 heterocycles. The highest BCUT2D eigenvalue weighted by Gasteiger charge is 2.30. The molecule has 5 nitrogen and oxygen atoms in total. The molecule has 0 unspecified atom stereocenters. The van der Waals surface area contributed by atoms with Gasteiger partial charge in [0.15, 0.2) is 0 Å².